The molecular weight excluding hydrogens is 401 g/mol. The molecule has 0 saturated heterocycles. The fourth-order valence-corrected chi connectivity index (χ4v) is 3.03. The third-order valence-electron chi connectivity index (χ3n) is 2.18. The molecule has 2 nitrogen and oxygen atoms in total. The van der Waals surface area contributed by atoms with Crippen molar-refractivity contribution in [1.82, 2.24) is 5.32 Å². The molecule has 1 aromatic rings. The normalized spacial score (nSPS) is 10.4. The van der Waals surface area contributed by atoms with Crippen LogP contribution in [0.1, 0.15) is 36.0 Å². The molecule has 1 heterocycles. The molecule has 1 aromatic heterocycles. The number of nitrogens with one attached hydrogen (secondary N) is 1. The maximum Gasteiger partial charge on any atom is 0.252 e. The molecule has 0 radical (unpaired) electrons. The van der Waals surface area contributed by atoms with Crippen molar-refractivity contribution in [1.29, 1.82) is 0 Å². The third kappa shape index (κ3) is 5.63. The van der Waals surface area contributed by atoms with Gasteiger partial charge in [-0.25, -0.2) is 0 Å². The quantitative estimate of drug-likeness (QED) is 0.406. The van der Waals surface area contributed by atoms with Crippen LogP contribution in [0.2, 0.25) is 0 Å². The summed E-state index contributed by atoms with van der Waals surface area (Å²) in [6, 6.07) is 1.92. The van der Waals surface area contributed by atoms with Crippen LogP contribution in [0.5, 0.6) is 0 Å². The lowest BCUT2D eigenvalue weighted by atomic mass is 10.2. The van der Waals surface area contributed by atoms with Crippen LogP contribution in [-0.4, -0.2) is 17.8 Å². The molecular formula is C11H15BrINOS. The summed E-state index contributed by atoms with van der Waals surface area (Å²) in [7, 11) is 0. The summed E-state index contributed by atoms with van der Waals surface area (Å²) in [6.07, 6.45) is 4.71. The Kier molecular flexibility index (Phi) is 7.64. The van der Waals surface area contributed by atoms with Crippen molar-refractivity contribution in [3.8, 4) is 0 Å². The van der Waals surface area contributed by atoms with Gasteiger partial charge in [-0.3, -0.25) is 4.79 Å². The summed E-state index contributed by atoms with van der Waals surface area (Å²) in [5.41, 5.74) is 0.787. The zero-order chi connectivity index (χ0) is 11.8. The van der Waals surface area contributed by atoms with Crippen molar-refractivity contribution in [2.75, 3.05) is 11.9 Å². The number of amides is 1. The van der Waals surface area contributed by atoms with Gasteiger partial charge in [0, 0.05) is 17.3 Å². The average Bonchev–Trinajstić information content (AvgIpc) is 2.70. The summed E-state index contributed by atoms with van der Waals surface area (Å²) in [4.78, 5) is 11.6. The van der Waals surface area contributed by atoms with Crippen molar-refractivity contribution in [2.45, 2.75) is 25.7 Å². The molecule has 0 saturated carbocycles. The van der Waals surface area contributed by atoms with Gasteiger partial charge in [0.05, 0.1) is 8.45 Å². The van der Waals surface area contributed by atoms with Crippen LogP contribution >= 0.6 is 49.9 Å². The Morgan fingerprint density at radius 1 is 1.38 bits per heavy atom. The molecule has 16 heavy (non-hydrogen) atoms. The molecule has 0 bridgehead atoms. The third-order valence-corrected chi connectivity index (χ3v) is 4.53. The van der Waals surface area contributed by atoms with Gasteiger partial charge in [0.2, 0.25) is 0 Å². The van der Waals surface area contributed by atoms with Gasteiger partial charge in [-0.05, 0) is 41.5 Å². The van der Waals surface area contributed by atoms with E-state index in [4.69, 9.17) is 0 Å². The highest BCUT2D eigenvalue weighted by Crippen LogP contribution is 2.16. The van der Waals surface area contributed by atoms with Gasteiger partial charge in [-0.15, -0.1) is 11.3 Å². The number of hydrogen-bond acceptors (Lipinski definition) is 2. The minimum Gasteiger partial charge on any atom is -0.352 e. The molecule has 0 aliphatic rings. The van der Waals surface area contributed by atoms with Gasteiger partial charge in [0.15, 0.2) is 0 Å². The summed E-state index contributed by atoms with van der Waals surface area (Å²) in [6.45, 7) is 0.785. The number of halogens is 2. The zero-order valence-electron chi connectivity index (χ0n) is 8.97. The van der Waals surface area contributed by atoms with E-state index in [1.54, 1.807) is 11.3 Å². The van der Waals surface area contributed by atoms with Crippen molar-refractivity contribution >= 4 is 55.8 Å². The summed E-state index contributed by atoms with van der Waals surface area (Å²) >= 11 is 7.24. The highest BCUT2D eigenvalue weighted by atomic mass is 127. The van der Waals surface area contributed by atoms with E-state index in [-0.39, 0.29) is 5.91 Å². The topological polar surface area (TPSA) is 29.1 Å². The fourth-order valence-electron chi connectivity index (χ4n) is 1.31. The number of carbonyl (C=O) groups excluding carboxylic acids is 1. The van der Waals surface area contributed by atoms with E-state index >= 15 is 0 Å². The number of unbranched alkanes of at least 4 members (excludes halogenated alkanes) is 3. The highest BCUT2D eigenvalue weighted by Gasteiger charge is 2.06. The fraction of sp³-hybridized carbons (Fsp3) is 0.545. The van der Waals surface area contributed by atoms with E-state index in [9.17, 15) is 4.79 Å². The lowest BCUT2D eigenvalue weighted by Crippen LogP contribution is -2.23. The molecule has 1 N–H and O–H groups in total. The van der Waals surface area contributed by atoms with Crippen molar-refractivity contribution < 1.29 is 4.79 Å². The number of carbonyl (C=O) groups is 1. The van der Waals surface area contributed by atoms with E-state index < -0.39 is 0 Å². The SMILES string of the molecule is O=C(NCCCCCCBr)c1csc(I)c1. The first kappa shape index (κ1) is 14.4. The van der Waals surface area contributed by atoms with Gasteiger partial charge in [-0.2, -0.15) is 0 Å². The summed E-state index contributed by atoms with van der Waals surface area (Å²) in [5.74, 6) is 0.0552. The molecule has 0 aromatic carbocycles. The van der Waals surface area contributed by atoms with E-state index in [0.29, 0.717) is 0 Å². The highest BCUT2D eigenvalue weighted by molar-refractivity contribution is 14.1. The van der Waals surface area contributed by atoms with Crippen molar-refractivity contribution in [3.63, 3.8) is 0 Å². The largest absolute Gasteiger partial charge is 0.352 e. The molecule has 0 aliphatic carbocycles. The van der Waals surface area contributed by atoms with E-state index in [2.05, 4.69) is 43.8 Å². The maximum atomic E-state index is 11.6. The molecule has 5 heteroatoms. The molecule has 90 valence electrons. The predicted molar refractivity (Wildman–Crippen MR) is 81.6 cm³/mol. The van der Waals surface area contributed by atoms with Crippen LogP contribution in [0.15, 0.2) is 11.4 Å². The predicted octanol–water partition coefficient (Wildman–Crippen LogP) is 4.04. The number of hydrogen-bond donors (Lipinski definition) is 1. The average molecular weight is 416 g/mol. The van der Waals surface area contributed by atoms with Gasteiger partial charge >= 0.3 is 0 Å². The molecule has 0 atom stereocenters. The minimum atomic E-state index is 0.0552. The Bertz CT molecular complexity index is 330. The molecule has 0 aliphatic heterocycles. The van der Waals surface area contributed by atoms with Crippen molar-refractivity contribution in [3.05, 3.63) is 19.9 Å². The smallest absolute Gasteiger partial charge is 0.252 e. The van der Waals surface area contributed by atoms with Crippen LogP contribution < -0.4 is 5.32 Å². The molecule has 1 rings (SSSR count). The zero-order valence-corrected chi connectivity index (χ0v) is 13.5. The molecule has 0 unspecified atom stereocenters. The van der Waals surface area contributed by atoms with E-state index in [1.165, 1.54) is 19.3 Å². The van der Waals surface area contributed by atoms with Crippen LogP contribution in [0.3, 0.4) is 0 Å². The molecule has 1 amide bonds. The Hall–Kier alpha value is 0.380. The second kappa shape index (κ2) is 8.47. The van der Waals surface area contributed by atoms with Gasteiger partial charge in [-0.1, -0.05) is 28.8 Å². The summed E-state index contributed by atoms with van der Waals surface area (Å²) in [5, 5.41) is 5.92. The van der Waals surface area contributed by atoms with Crippen LogP contribution in [0.4, 0.5) is 0 Å². The first-order chi connectivity index (χ1) is 7.74. The Balaban J connectivity index is 2.11. The monoisotopic (exact) mass is 415 g/mol. The standard InChI is InChI=1S/C11H15BrINOS/c12-5-3-1-2-4-6-14-11(15)9-7-10(13)16-8-9/h7-8H,1-6H2,(H,14,15). The Labute approximate surface area is 122 Å². The minimum absolute atomic E-state index is 0.0552. The lowest BCUT2D eigenvalue weighted by molar-refractivity contribution is 0.0953. The van der Waals surface area contributed by atoms with Gasteiger partial charge in [0.25, 0.3) is 5.91 Å². The lowest BCUT2D eigenvalue weighted by Gasteiger charge is -2.03. The number of alkyl halides is 1. The Morgan fingerprint density at radius 2 is 2.12 bits per heavy atom. The maximum absolute atomic E-state index is 11.6. The molecule has 0 fully saturated rings. The second-order valence-corrected chi connectivity index (χ2v) is 7.10. The first-order valence-electron chi connectivity index (χ1n) is 5.32. The first-order valence-corrected chi connectivity index (χ1v) is 8.40. The van der Waals surface area contributed by atoms with Crippen molar-refractivity contribution in [2.24, 2.45) is 0 Å². The Morgan fingerprint density at radius 3 is 2.75 bits per heavy atom. The van der Waals surface area contributed by atoms with Crippen LogP contribution in [-0.2, 0) is 0 Å². The number of rotatable bonds is 7. The van der Waals surface area contributed by atoms with Gasteiger partial charge < -0.3 is 5.32 Å². The van der Waals surface area contributed by atoms with Gasteiger partial charge in [0.1, 0.15) is 0 Å². The van der Waals surface area contributed by atoms with E-state index in [1.807, 2.05) is 11.4 Å². The number of thiophene rings is 1. The molecule has 0 spiro atoms. The van der Waals surface area contributed by atoms with Crippen LogP contribution in [0, 0.1) is 2.88 Å². The van der Waals surface area contributed by atoms with Crippen LogP contribution in [0.25, 0.3) is 0 Å². The second-order valence-electron chi connectivity index (χ2n) is 3.50. The summed E-state index contributed by atoms with van der Waals surface area (Å²) < 4.78 is 1.15. The van der Waals surface area contributed by atoms with E-state index in [0.717, 1.165) is 26.7 Å².